The van der Waals surface area contributed by atoms with Gasteiger partial charge in [-0.15, -0.1) is 11.3 Å². The predicted molar refractivity (Wildman–Crippen MR) is 84.3 cm³/mol. The van der Waals surface area contributed by atoms with Gasteiger partial charge in [-0.3, -0.25) is 9.69 Å². The van der Waals surface area contributed by atoms with Gasteiger partial charge in [-0.25, -0.2) is 0 Å². The summed E-state index contributed by atoms with van der Waals surface area (Å²) in [7, 11) is 4.30. The van der Waals surface area contributed by atoms with Crippen molar-refractivity contribution >= 4 is 17.2 Å². The molecule has 0 aliphatic carbocycles. The van der Waals surface area contributed by atoms with Crippen LogP contribution in [0.5, 0.6) is 0 Å². The van der Waals surface area contributed by atoms with Gasteiger partial charge in [-0.05, 0) is 51.7 Å². The summed E-state index contributed by atoms with van der Waals surface area (Å²) in [4.78, 5) is 17.5. The number of likely N-dealkylation sites (tertiary alicyclic amines) is 1. The Morgan fingerprint density at radius 3 is 2.55 bits per heavy atom. The fourth-order valence-corrected chi connectivity index (χ4v) is 4.19. The van der Waals surface area contributed by atoms with E-state index in [1.165, 1.54) is 12.8 Å². The molecule has 4 nitrogen and oxygen atoms in total. The van der Waals surface area contributed by atoms with Gasteiger partial charge in [0.05, 0.1) is 5.56 Å². The zero-order valence-corrected chi connectivity index (χ0v) is 13.7. The smallest absolute Gasteiger partial charge is 0.250 e. The molecule has 1 saturated heterocycles. The van der Waals surface area contributed by atoms with Gasteiger partial charge in [0.1, 0.15) is 0 Å². The third-order valence-corrected chi connectivity index (χ3v) is 5.68. The number of amides is 1. The molecule has 2 heterocycles. The van der Waals surface area contributed by atoms with Crippen molar-refractivity contribution in [3.63, 3.8) is 0 Å². The second-order valence-corrected chi connectivity index (χ2v) is 6.84. The Balaban J connectivity index is 2.09. The number of carbonyl (C=O) groups is 1. The largest absolute Gasteiger partial charge is 0.366 e. The third-order valence-electron chi connectivity index (χ3n) is 4.41. The molecule has 20 heavy (non-hydrogen) atoms. The number of aryl methyl sites for hydroxylation is 1. The van der Waals surface area contributed by atoms with Gasteiger partial charge in [-0.2, -0.15) is 0 Å². The van der Waals surface area contributed by atoms with Crippen molar-refractivity contribution in [3.8, 4) is 0 Å². The number of nitrogens with two attached hydrogens (primary N) is 1. The van der Waals surface area contributed by atoms with Crippen molar-refractivity contribution < 1.29 is 4.79 Å². The molecule has 1 aliphatic heterocycles. The van der Waals surface area contributed by atoms with Crippen LogP contribution in [0.3, 0.4) is 0 Å². The first kappa shape index (κ1) is 15.5. The van der Waals surface area contributed by atoms with Gasteiger partial charge < -0.3 is 10.6 Å². The molecular weight excluding hydrogens is 270 g/mol. The third kappa shape index (κ3) is 3.05. The molecule has 0 saturated carbocycles. The highest BCUT2D eigenvalue weighted by molar-refractivity contribution is 7.10. The zero-order chi connectivity index (χ0) is 14.9. The lowest BCUT2D eigenvalue weighted by Crippen LogP contribution is -2.42. The minimum Gasteiger partial charge on any atom is -0.366 e. The van der Waals surface area contributed by atoms with E-state index >= 15 is 0 Å². The number of carbonyl (C=O) groups excluding carboxylic acids is 1. The fraction of sp³-hybridized carbons (Fsp3) is 0.667. The summed E-state index contributed by atoms with van der Waals surface area (Å²) in [6.45, 7) is 6.32. The SMILES string of the molecule is Cc1csc(C(C)N2CCC(N(C)C)CC2)c1C(N)=O. The van der Waals surface area contributed by atoms with E-state index in [1.54, 1.807) is 11.3 Å². The molecule has 112 valence electrons. The number of rotatable bonds is 4. The topological polar surface area (TPSA) is 49.6 Å². The highest BCUT2D eigenvalue weighted by Crippen LogP contribution is 2.33. The summed E-state index contributed by atoms with van der Waals surface area (Å²) in [5.41, 5.74) is 7.27. The average molecular weight is 295 g/mol. The van der Waals surface area contributed by atoms with E-state index in [9.17, 15) is 4.79 Å². The van der Waals surface area contributed by atoms with Gasteiger partial charge in [-0.1, -0.05) is 0 Å². The average Bonchev–Trinajstić information content (AvgIpc) is 2.80. The van der Waals surface area contributed by atoms with Crippen LogP contribution in [0.15, 0.2) is 5.38 Å². The summed E-state index contributed by atoms with van der Waals surface area (Å²) in [5, 5.41) is 2.04. The fourth-order valence-electron chi connectivity index (χ4n) is 3.04. The van der Waals surface area contributed by atoms with Crippen LogP contribution >= 0.6 is 11.3 Å². The van der Waals surface area contributed by atoms with Crippen molar-refractivity contribution in [2.45, 2.75) is 38.8 Å². The molecule has 1 atom stereocenters. The molecule has 0 spiro atoms. The molecule has 0 bridgehead atoms. The number of nitrogens with zero attached hydrogens (tertiary/aromatic N) is 2. The van der Waals surface area contributed by atoms with Crippen LogP contribution in [-0.4, -0.2) is 48.9 Å². The van der Waals surface area contributed by atoms with Crippen LogP contribution in [0.2, 0.25) is 0 Å². The van der Waals surface area contributed by atoms with Gasteiger partial charge in [0, 0.05) is 30.1 Å². The van der Waals surface area contributed by atoms with Crippen LogP contribution < -0.4 is 5.73 Å². The first-order chi connectivity index (χ1) is 9.41. The molecule has 2 N–H and O–H groups in total. The summed E-state index contributed by atoms with van der Waals surface area (Å²) in [6.07, 6.45) is 2.38. The molecule has 0 radical (unpaired) electrons. The number of hydrogen-bond acceptors (Lipinski definition) is 4. The second-order valence-electron chi connectivity index (χ2n) is 5.93. The molecule has 1 amide bonds. The molecule has 2 rings (SSSR count). The standard InChI is InChI=1S/C15H25N3OS/c1-10-9-20-14(13(10)15(16)19)11(2)18-7-5-12(6-8-18)17(3)4/h9,11-12H,5-8H2,1-4H3,(H2,16,19). The Morgan fingerprint density at radius 2 is 2.05 bits per heavy atom. The number of piperidine rings is 1. The maximum Gasteiger partial charge on any atom is 0.250 e. The van der Waals surface area contributed by atoms with Gasteiger partial charge >= 0.3 is 0 Å². The highest BCUT2D eigenvalue weighted by atomic mass is 32.1. The van der Waals surface area contributed by atoms with E-state index in [2.05, 4.69) is 30.8 Å². The van der Waals surface area contributed by atoms with E-state index in [0.29, 0.717) is 6.04 Å². The molecule has 1 aromatic heterocycles. The summed E-state index contributed by atoms with van der Waals surface area (Å²) in [6, 6.07) is 0.957. The van der Waals surface area contributed by atoms with Gasteiger partial charge in [0.2, 0.25) is 5.91 Å². The van der Waals surface area contributed by atoms with Crippen LogP contribution in [0.4, 0.5) is 0 Å². The number of thiophene rings is 1. The zero-order valence-electron chi connectivity index (χ0n) is 12.8. The van der Waals surface area contributed by atoms with Crippen LogP contribution in [0.1, 0.15) is 46.6 Å². The lowest BCUT2D eigenvalue weighted by Gasteiger charge is -2.38. The van der Waals surface area contributed by atoms with Crippen molar-refractivity contribution in [1.29, 1.82) is 0 Å². The van der Waals surface area contributed by atoms with Gasteiger partial charge in [0.15, 0.2) is 0 Å². The Labute approximate surface area is 125 Å². The summed E-state index contributed by atoms with van der Waals surface area (Å²) in [5.74, 6) is -0.297. The van der Waals surface area contributed by atoms with E-state index in [4.69, 9.17) is 5.73 Å². The van der Waals surface area contributed by atoms with Gasteiger partial charge in [0.25, 0.3) is 0 Å². The minimum atomic E-state index is -0.297. The second kappa shape index (κ2) is 6.24. The monoisotopic (exact) mass is 295 g/mol. The molecule has 1 unspecified atom stereocenters. The van der Waals surface area contributed by atoms with Crippen molar-refractivity contribution in [2.75, 3.05) is 27.2 Å². The maximum atomic E-state index is 11.6. The van der Waals surface area contributed by atoms with Crippen molar-refractivity contribution in [1.82, 2.24) is 9.80 Å². The van der Waals surface area contributed by atoms with E-state index < -0.39 is 0 Å². The van der Waals surface area contributed by atoms with E-state index in [-0.39, 0.29) is 11.9 Å². The Morgan fingerprint density at radius 1 is 1.45 bits per heavy atom. The number of primary amides is 1. The lowest BCUT2D eigenvalue weighted by atomic mass is 10.0. The van der Waals surface area contributed by atoms with E-state index in [1.807, 2.05) is 12.3 Å². The minimum absolute atomic E-state index is 0.277. The highest BCUT2D eigenvalue weighted by Gasteiger charge is 2.27. The van der Waals surface area contributed by atoms with E-state index in [0.717, 1.165) is 29.1 Å². The summed E-state index contributed by atoms with van der Waals surface area (Å²) >= 11 is 1.66. The molecule has 5 heteroatoms. The maximum absolute atomic E-state index is 11.6. The first-order valence-electron chi connectivity index (χ1n) is 7.20. The first-order valence-corrected chi connectivity index (χ1v) is 8.08. The Hall–Kier alpha value is -0.910. The van der Waals surface area contributed by atoms with Crippen LogP contribution in [0.25, 0.3) is 0 Å². The number of hydrogen-bond donors (Lipinski definition) is 1. The molecule has 1 aliphatic rings. The van der Waals surface area contributed by atoms with Crippen molar-refractivity contribution in [2.24, 2.45) is 5.73 Å². The molecule has 1 fully saturated rings. The molecule has 0 aromatic carbocycles. The quantitative estimate of drug-likeness (QED) is 0.927. The Kier molecular flexibility index (Phi) is 4.83. The molecular formula is C15H25N3OS. The molecule has 1 aromatic rings. The van der Waals surface area contributed by atoms with Crippen LogP contribution in [-0.2, 0) is 0 Å². The van der Waals surface area contributed by atoms with Crippen LogP contribution in [0, 0.1) is 6.92 Å². The predicted octanol–water partition coefficient (Wildman–Crippen LogP) is 2.24. The summed E-state index contributed by atoms with van der Waals surface area (Å²) < 4.78 is 0. The van der Waals surface area contributed by atoms with Crippen molar-refractivity contribution in [3.05, 3.63) is 21.4 Å². The Bertz CT molecular complexity index is 475. The lowest BCUT2D eigenvalue weighted by molar-refractivity contribution is 0.0988. The normalized spacial score (nSPS) is 19.4.